The molecule has 0 aliphatic carbocycles. The summed E-state index contributed by atoms with van der Waals surface area (Å²) in [5, 5.41) is 0.438. The minimum Gasteiger partial charge on any atom is -0.356 e. The molecule has 100 valence electrons. The first-order chi connectivity index (χ1) is 8.41. The number of nitrogens with zero attached hydrogens (tertiary/aromatic N) is 2. The molecule has 0 amide bonds. The number of hydrogen-bond acceptors (Lipinski definition) is 3. The molecule has 1 fully saturated rings. The Labute approximate surface area is 108 Å². The molecule has 0 aromatic carbocycles. The summed E-state index contributed by atoms with van der Waals surface area (Å²) in [6, 6.07) is 1.65. The van der Waals surface area contributed by atoms with Gasteiger partial charge in [0.25, 0.3) is 0 Å². The van der Waals surface area contributed by atoms with Crippen LogP contribution in [0.2, 0.25) is 5.02 Å². The Morgan fingerprint density at radius 1 is 1.50 bits per heavy atom. The van der Waals surface area contributed by atoms with E-state index in [0.29, 0.717) is 22.9 Å². The van der Waals surface area contributed by atoms with Crippen molar-refractivity contribution in [1.29, 1.82) is 0 Å². The van der Waals surface area contributed by atoms with Gasteiger partial charge in [0.2, 0.25) is 0 Å². The van der Waals surface area contributed by atoms with Crippen molar-refractivity contribution in [3.63, 3.8) is 0 Å². The third kappa shape index (κ3) is 2.70. The fourth-order valence-electron chi connectivity index (χ4n) is 2.03. The van der Waals surface area contributed by atoms with Crippen LogP contribution in [0.1, 0.15) is 12.0 Å². The third-order valence-corrected chi connectivity index (χ3v) is 3.46. The van der Waals surface area contributed by atoms with Gasteiger partial charge in [-0.2, -0.15) is 13.2 Å². The summed E-state index contributed by atoms with van der Waals surface area (Å²) in [6.07, 6.45) is -2.61. The highest BCUT2D eigenvalue weighted by atomic mass is 35.5. The number of nitrogens with two attached hydrogens (primary N) is 1. The average molecular weight is 280 g/mol. The lowest BCUT2D eigenvalue weighted by Gasteiger charge is -2.19. The Morgan fingerprint density at radius 3 is 2.78 bits per heavy atom. The second-order valence-corrected chi connectivity index (χ2v) is 4.72. The van der Waals surface area contributed by atoms with Crippen molar-refractivity contribution in [3.8, 4) is 0 Å². The monoisotopic (exact) mass is 279 g/mol. The van der Waals surface area contributed by atoms with Crippen molar-refractivity contribution >= 4 is 17.4 Å². The van der Waals surface area contributed by atoms with E-state index in [-0.39, 0.29) is 19.5 Å². The van der Waals surface area contributed by atoms with E-state index in [4.69, 9.17) is 17.3 Å². The number of alkyl halides is 3. The summed E-state index contributed by atoms with van der Waals surface area (Å²) < 4.78 is 37.7. The highest BCUT2D eigenvalue weighted by Gasteiger charge is 2.43. The van der Waals surface area contributed by atoms with Crippen LogP contribution in [0.3, 0.4) is 0 Å². The van der Waals surface area contributed by atoms with Gasteiger partial charge in [-0.3, -0.25) is 0 Å². The lowest BCUT2D eigenvalue weighted by atomic mass is 10.1. The lowest BCUT2D eigenvalue weighted by Crippen LogP contribution is -2.27. The van der Waals surface area contributed by atoms with Crippen molar-refractivity contribution in [3.05, 3.63) is 22.8 Å². The molecular formula is C11H13ClF3N3. The van der Waals surface area contributed by atoms with E-state index < -0.39 is 12.1 Å². The largest absolute Gasteiger partial charge is 0.393 e. The molecule has 1 aliphatic heterocycles. The van der Waals surface area contributed by atoms with E-state index in [1.807, 2.05) is 0 Å². The molecular weight excluding hydrogens is 267 g/mol. The SMILES string of the molecule is NCc1cc(N2CCC(C(F)(F)F)C2)ncc1Cl. The molecule has 1 atom stereocenters. The molecule has 1 aromatic heterocycles. The Morgan fingerprint density at radius 2 is 2.22 bits per heavy atom. The molecule has 1 aromatic rings. The van der Waals surface area contributed by atoms with Gasteiger partial charge >= 0.3 is 6.18 Å². The van der Waals surface area contributed by atoms with E-state index in [2.05, 4.69) is 4.98 Å². The number of aromatic nitrogens is 1. The van der Waals surface area contributed by atoms with Gasteiger partial charge in [0.05, 0.1) is 10.9 Å². The molecule has 7 heteroatoms. The summed E-state index contributed by atoms with van der Waals surface area (Å²) in [7, 11) is 0. The molecule has 0 radical (unpaired) electrons. The van der Waals surface area contributed by atoms with Gasteiger partial charge in [-0.25, -0.2) is 4.98 Å². The van der Waals surface area contributed by atoms with Gasteiger partial charge in [-0.1, -0.05) is 11.6 Å². The Bertz CT molecular complexity index is 436. The molecule has 0 bridgehead atoms. The van der Waals surface area contributed by atoms with E-state index in [1.54, 1.807) is 11.0 Å². The highest BCUT2D eigenvalue weighted by Crippen LogP contribution is 2.35. The molecule has 2 heterocycles. The first-order valence-corrected chi connectivity index (χ1v) is 5.95. The van der Waals surface area contributed by atoms with Crippen LogP contribution in [0, 0.1) is 5.92 Å². The topological polar surface area (TPSA) is 42.1 Å². The number of pyridine rings is 1. The summed E-state index contributed by atoms with van der Waals surface area (Å²) in [6.45, 7) is 0.538. The molecule has 3 nitrogen and oxygen atoms in total. The molecule has 0 saturated carbocycles. The summed E-state index contributed by atoms with van der Waals surface area (Å²) in [4.78, 5) is 5.68. The molecule has 18 heavy (non-hydrogen) atoms. The van der Waals surface area contributed by atoms with Gasteiger partial charge in [-0.05, 0) is 18.1 Å². The third-order valence-electron chi connectivity index (χ3n) is 3.12. The maximum Gasteiger partial charge on any atom is 0.393 e. The zero-order valence-corrected chi connectivity index (χ0v) is 10.3. The van der Waals surface area contributed by atoms with Gasteiger partial charge in [0, 0.05) is 25.8 Å². The predicted octanol–water partition coefficient (Wildman–Crippen LogP) is 2.58. The van der Waals surface area contributed by atoms with Crippen LogP contribution < -0.4 is 10.6 Å². The first-order valence-electron chi connectivity index (χ1n) is 5.58. The second-order valence-electron chi connectivity index (χ2n) is 4.31. The van der Waals surface area contributed by atoms with Crippen LogP contribution in [-0.4, -0.2) is 24.2 Å². The molecule has 1 unspecified atom stereocenters. The Kier molecular flexibility index (Phi) is 3.68. The predicted molar refractivity (Wildman–Crippen MR) is 63.5 cm³/mol. The summed E-state index contributed by atoms with van der Waals surface area (Å²) >= 11 is 5.86. The number of rotatable bonds is 2. The minimum atomic E-state index is -4.14. The van der Waals surface area contributed by atoms with Crippen LogP contribution in [0.5, 0.6) is 0 Å². The van der Waals surface area contributed by atoms with Gasteiger partial charge in [-0.15, -0.1) is 0 Å². The number of halogens is 4. The van der Waals surface area contributed by atoms with E-state index in [9.17, 15) is 13.2 Å². The Balaban J connectivity index is 2.14. The zero-order chi connectivity index (χ0) is 13.3. The number of anilines is 1. The lowest BCUT2D eigenvalue weighted by molar-refractivity contribution is -0.168. The van der Waals surface area contributed by atoms with Crippen LogP contribution in [0.4, 0.5) is 19.0 Å². The smallest absolute Gasteiger partial charge is 0.356 e. The fraction of sp³-hybridized carbons (Fsp3) is 0.545. The van der Waals surface area contributed by atoms with Gasteiger partial charge in [0.15, 0.2) is 0 Å². The van der Waals surface area contributed by atoms with Crippen LogP contribution in [0.15, 0.2) is 12.3 Å². The Hall–Kier alpha value is -1.01. The summed E-state index contributed by atoms with van der Waals surface area (Å²) in [5.41, 5.74) is 6.20. The number of hydrogen-bond donors (Lipinski definition) is 1. The van der Waals surface area contributed by atoms with Crippen molar-refractivity contribution in [2.24, 2.45) is 11.7 Å². The molecule has 1 aliphatic rings. The van der Waals surface area contributed by atoms with Crippen molar-refractivity contribution in [1.82, 2.24) is 4.98 Å². The first kappa shape index (κ1) is 13.4. The van der Waals surface area contributed by atoms with E-state index in [0.717, 1.165) is 0 Å². The quantitative estimate of drug-likeness (QED) is 0.905. The van der Waals surface area contributed by atoms with E-state index >= 15 is 0 Å². The minimum absolute atomic E-state index is 0.0534. The molecule has 2 rings (SSSR count). The standard InChI is InChI=1S/C11H13ClF3N3/c12-9-5-17-10(3-7(9)4-16)18-2-1-8(6-18)11(13,14)15/h3,5,8H,1-2,4,6,16H2. The molecule has 2 N–H and O–H groups in total. The second kappa shape index (κ2) is 4.93. The van der Waals surface area contributed by atoms with E-state index in [1.165, 1.54) is 6.20 Å². The van der Waals surface area contributed by atoms with Crippen LogP contribution in [0.25, 0.3) is 0 Å². The maximum absolute atomic E-state index is 12.6. The highest BCUT2D eigenvalue weighted by molar-refractivity contribution is 6.31. The molecule has 1 saturated heterocycles. The van der Waals surface area contributed by atoms with Crippen LogP contribution in [-0.2, 0) is 6.54 Å². The molecule has 0 spiro atoms. The maximum atomic E-state index is 12.6. The van der Waals surface area contributed by atoms with Crippen molar-refractivity contribution < 1.29 is 13.2 Å². The van der Waals surface area contributed by atoms with Crippen molar-refractivity contribution in [2.45, 2.75) is 19.1 Å². The van der Waals surface area contributed by atoms with Crippen molar-refractivity contribution in [2.75, 3.05) is 18.0 Å². The fourth-order valence-corrected chi connectivity index (χ4v) is 2.21. The van der Waals surface area contributed by atoms with Gasteiger partial charge in [0.1, 0.15) is 5.82 Å². The average Bonchev–Trinajstić information content (AvgIpc) is 2.78. The zero-order valence-electron chi connectivity index (χ0n) is 9.54. The normalized spacial score (nSPS) is 20.5. The van der Waals surface area contributed by atoms with Gasteiger partial charge < -0.3 is 10.6 Å². The van der Waals surface area contributed by atoms with Crippen LogP contribution >= 0.6 is 11.6 Å². The summed E-state index contributed by atoms with van der Waals surface area (Å²) in [5.74, 6) is -0.775.